The lowest BCUT2D eigenvalue weighted by molar-refractivity contribution is 0.161. The number of aromatic amines is 1. The standard InChI is InChI=1S/C10H14ClN3O2/c1-16-5-7-2-3-14(4-7)9-8(11)10(15)13-6-12-9/h6-7H,2-5H2,1H3,(H,12,13,15). The van der Waals surface area contributed by atoms with Crippen LogP contribution >= 0.6 is 11.6 Å². The Morgan fingerprint density at radius 2 is 2.56 bits per heavy atom. The van der Waals surface area contributed by atoms with E-state index in [0.29, 0.717) is 11.7 Å². The van der Waals surface area contributed by atoms with Crippen molar-refractivity contribution < 1.29 is 4.74 Å². The molecule has 5 nitrogen and oxygen atoms in total. The summed E-state index contributed by atoms with van der Waals surface area (Å²) in [5.41, 5.74) is -0.290. The summed E-state index contributed by atoms with van der Waals surface area (Å²) in [6.45, 7) is 2.44. The van der Waals surface area contributed by atoms with E-state index in [1.165, 1.54) is 6.33 Å². The topological polar surface area (TPSA) is 58.2 Å². The molecular weight excluding hydrogens is 230 g/mol. The fourth-order valence-electron chi connectivity index (χ4n) is 1.99. The molecule has 0 radical (unpaired) electrons. The van der Waals surface area contributed by atoms with Crippen LogP contribution in [0.2, 0.25) is 5.02 Å². The molecule has 16 heavy (non-hydrogen) atoms. The molecule has 88 valence electrons. The van der Waals surface area contributed by atoms with E-state index >= 15 is 0 Å². The number of hydrogen-bond donors (Lipinski definition) is 1. The van der Waals surface area contributed by atoms with Crippen molar-refractivity contribution in [1.82, 2.24) is 9.97 Å². The van der Waals surface area contributed by atoms with E-state index in [1.807, 2.05) is 4.90 Å². The Hall–Kier alpha value is -1.07. The highest BCUT2D eigenvalue weighted by molar-refractivity contribution is 6.32. The van der Waals surface area contributed by atoms with Crippen molar-refractivity contribution >= 4 is 17.4 Å². The maximum Gasteiger partial charge on any atom is 0.271 e. The average molecular weight is 244 g/mol. The van der Waals surface area contributed by atoms with Crippen molar-refractivity contribution in [3.05, 3.63) is 21.7 Å². The van der Waals surface area contributed by atoms with Gasteiger partial charge in [0.15, 0.2) is 5.82 Å². The van der Waals surface area contributed by atoms with Gasteiger partial charge in [0.05, 0.1) is 12.9 Å². The minimum Gasteiger partial charge on any atom is -0.384 e. The van der Waals surface area contributed by atoms with E-state index in [2.05, 4.69) is 9.97 Å². The Labute approximate surface area is 98.4 Å². The largest absolute Gasteiger partial charge is 0.384 e. The van der Waals surface area contributed by atoms with Crippen LogP contribution in [-0.2, 0) is 4.74 Å². The maximum absolute atomic E-state index is 11.3. The molecule has 1 N–H and O–H groups in total. The van der Waals surface area contributed by atoms with Gasteiger partial charge in [0.25, 0.3) is 5.56 Å². The predicted octanol–water partition coefficient (Wildman–Crippen LogP) is 0.896. The van der Waals surface area contributed by atoms with Crippen LogP contribution in [-0.4, -0.2) is 36.8 Å². The fraction of sp³-hybridized carbons (Fsp3) is 0.600. The van der Waals surface area contributed by atoms with Gasteiger partial charge in [0, 0.05) is 26.1 Å². The maximum atomic E-state index is 11.3. The minimum absolute atomic E-state index is 0.167. The summed E-state index contributed by atoms with van der Waals surface area (Å²) in [6.07, 6.45) is 2.42. The molecule has 2 rings (SSSR count). The molecule has 0 saturated carbocycles. The number of nitrogens with one attached hydrogen (secondary N) is 1. The molecule has 0 amide bonds. The van der Waals surface area contributed by atoms with Crippen LogP contribution in [0.15, 0.2) is 11.1 Å². The smallest absolute Gasteiger partial charge is 0.271 e. The Balaban J connectivity index is 2.14. The number of ether oxygens (including phenoxy) is 1. The van der Waals surface area contributed by atoms with Crippen LogP contribution in [0.5, 0.6) is 0 Å². The van der Waals surface area contributed by atoms with Gasteiger partial charge >= 0.3 is 0 Å². The minimum atomic E-state index is -0.290. The number of hydrogen-bond acceptors (Lipinski definition) is 4. The average Bonchev–Trinajstić information content (AvgIpc) is 2.71. The highest BCUT2D eigenvalue weighted by Gasteiger charge is 2.25. The Bertz CT molecular complexity index is 421. The van der Waals surface area contributed by atoms with Crippen molar-refractivity contribution in [2.75, 3.05) is 31.7 Å². The second-order valence-electron chi connectivity index (χ2n) is 3.93. The number of halogens is 1. The highest BCUT2D eigenvalue weighted by atomic mass is 35.5. The fourth-order valence-corrected chi connectivity index (χ4v) is 2.21. The van der Waals surface area contributed by atoms with E-state index in [0.717, 1.165) is 26.1 Å². The molecule has 1 aliphatic heterocycles. The van der Waals surface area contributed by atoms with Crippen molar-refractivity contribution in [1.29, 1.82) is 0 Å². The molecule has 0 spiro atoms. The number of H-pyrrole nitrogens is 1. The van der Waals surface area contributed by atoms with Crippen LogP contribution < -0.4 is 10.5 Å². The molecular formula is C10H14ClN3O2. The Morgan fingerprint density at radius 3 is 3.31 bits per heavy atom. The zero-order chi connectivity index (χ0) is 11.5. The van der Waals surface area contributed by atoms with Gasteiger partial charge in [-0.25, -0.2) is 4.98 Å². The lowest BCUT2D eigenvalue weighted by Gasteiger charge is -2.17. The summed E-state index contributed by atoms with van der Waals surface area (Å²) in [7, 11) is 1.70. The van der Waals surface area contributed by atoms with Crippen LogP contribution in [0.3, 0.4) is 0 Å². The first-order valence-corrected chi connectivity index (χ1v) is 5.57. The van der Waals surface area contributed by atoms with E-state index < -0.39 is 0 Å². The van der Waals surface area contributed by atoms with Gasteiger partial charge in [-0.2, -0.15) is 0 Å². The van der Waals surface area contributed by atoms with E-state index in [4.69, 9.17) is 16.3 Å². The van der Waals surface area contributed by atoms with Gasteiger partial charge in [-0.15, -0.1) is 0 Å². The molecule has 1 fully saturated rings. The van der Waals surface area contributed by atoms with Crippen molar-refractivity contribution in [2.24, 2.45) is 5.92 Å². The third kappa shape index (κ3) is 2.20. The molecule has 0 bridgehead atoms. The monoisotopic (exact) mass is 243 g/mol. The van der Waals surface area contributed by atoms with Crippen LogP contribution in [0, 0.1) is 5.92 Å². The first-order chi connectivity index (χ1) is 7.72. The highest BCUT2D eigenvalue weighted by Crippen LogP contribution is 2.25. The molecule has 1 saturated heterocycles. The first-order valence-electron chi connectivity index (χ1n) is 5.19. The van der Waals surface area contributed by atoms with Gasteiger partial charge in [-0.3, -0.25) is 4.79 Å². The number of methoxy groups -OCH3 is 1. The molecule has 1 aliphatic rings. The van der Waals surface area contributed by atoms with E-state index in [9.17, 15) is 4.79 Å². The molecule has 0 aromatic carbocycles. The molecule has 6 heteroatoms. The van der Waals surface area contributed by atoms with Crippen LogP contribution in [0.4, 0.5) is 5.82 Å². The normalized spacial score (nSPS) is 20.4. The SMILES string of the molecule is COCC1CCN(c2nc[nH]c(=O)c2Cl)C1. The molecule has 0 aliphatic carbocycles. The quantitative estimate of drug-likeness (QED) is 0.857. The van der Waals surface area contributed by atoms with Crippen molar-refractivity contribution in [3.8, 4) is 0 Å². The first kappa shape index (κ1) is 11.4. The van der Waals surface area contributed by atoms with Crippen molar-refractivity contribution in [2.45, 2.75) is 6.42 Å². The second kappa shape index (κ2) is 4.84. The summed E-state index contributed by atoms with van der Waals surface area (Å²) < 4.78 is 5.12. The number of nitrogens with zero attached hydrogens (tertiary/aromatic N) is 2. The summed E-state index contributed by atoms with van der Waals surface area (Å²) in [5.74, 6) is 1.06. The number of anilines is 1. The second-order valence-corrected chi connectivity index (χ2v) is 4.30. The molecule has 2 heterocycles. The van der Waals surface area contributed by atoms with E-state index in [-0.39, 0.29) is 10.6 Å². The number of rotatable bonds is 3. The van der Waals surface area contributed by atoms with Crippen LogP contribution in [0.25, 0.3) is 0 Å². The van der Waals surface area contributed by atoms with Crippen molar-refractivity contribution in [3.63, 3.8) is 0 Å². The molecule has 1 atom stereocenters. The summed E-state index contributed by atoms with van der Waals surface area (Å²) >= 11 is 5.92. The lowest BCUT2D eigenvalue weighted by Crippen LogP contribution is -2.24. The summed E-state index contributed by atoms with van der Waals surface area (Å²) in [6, 6.07) is 0. The van der Waals surface area contributed by atoms with Gasteiger partial charge in [0.1, 0.15) is 5.02 Å². The lowest BCUT2D eigenvalue weighted by atomic mass is 10.1. The molecule has 1 aromatic rings. The Kier molecular flexibility index (Phi) is 3.46. The van der Waals surface area contributed by atoms with Crippen LogP contribution in [0.1, 0.15) is 6.42 Å². The molecule has 1 unspecified atom stereocenters. The van der Waals surface area contributed by atoms with Gasteiger partial charge in [0.2, 0.25) is 0 Å². The third-order valence-corrected chi connectivity index (χ3v) is 3.11. The van der Waals surface area contributed by atoms with Gasteiger partial charge < -0.3 is 14.6 Å². The summed E-state index contributed by atoms with van der Waals surface area (Å²) in [4.78, 5) is 19.9. The zero-order valence-corrected chi connectivity index (χ0v) is 9.83. The summed E-state index contributed by atoms with van der Waals surface area (Å²) in [5, 5.41) is 0.167. The predicted molar refractivity (Wildman–Crippen MR) is 62.1 cm³/mol. The number of aromatic nitrogens is 2. The van der Waals surface area contributed by atoms with Gasteiger partial charge in [-0.05, 0) is 6.42 Å². The molecule has 1 aromatic heterocycles. The zero-order valence-electron chi connectivity index (χ0n) is 9.07. The Morgan fingerprint density at radius 1 is 1.75 bits per heavy atom. The van der Waals surface area contributed by atoms with Gasteiger partial charge in [-0.1, -0.05) is 11.6 Å². The third-order valence-electron chi connectivity index (χ3n) is 2.77. The van der Waals surface area contributed by atoms with E-state index in [1.54, 1.807) is 7.11 Å².